The van der Waals surface area contributed by atoms with Gasteiger partial charge < -0.3 is 10.6 Å². The van der Waals surface area contributed by atoms with E-state index in [1.165, 1.54) is 16.4 Å². The number of sulfonamides is 1. The van der Waals surface area contributed by atoms with Gasteiger partial charge in [-0.1, -0.05) is 11.6 Å². The van der Waals surface area contributed by atoms with Gasteiger partial charge in [-0.2, -0.15) is 16.1 Å². The zero-order valence-corrected chi connectivity index (χ0v) is 19.1. The topological polar surface area (TPSA) is 95.6 Å². The van der Waals surface area contributed by atoms with Crippen molar-refractivity contribution in [3.8, 4) is 0 Å². The average molecular weight is 486 g/mol. The van der Waals surface area contributed by atoms with Gasteiger partial charge in [-0.25, -0.2) is 8.42 Å². The normalized spacial score (nSPS) is 17.5. The predicted octanol–water partition coefficient (Wildman–Crippen LogP) is 3.28. The van der Waals surface area contributed by atoms with Gasteiger partial charge in [-0.15, -0.1) is 11.3 Å². The lowest BCUT2D eigenvalue weighted by molar-refractivity contribution is 0.0950. The van der Waals surface area contributed by atoms with Crippen LogP contribution in [0.1, 0.15) is 32.9 Å². The van der Waals surface area contributed by atoms with Gasteiger partial charge in [0, 0.05) is 36.3 Å². The number of hydrogen-bond acceptors (Lipinski definition) is 6. The van der Waals surface area contributed by atoms with Gasteiger partial charge in [-0.3, -0.25) is 9.59 Å². The number of hydrogen-bond donors (Lipinski definition) is 2. The van der Waals surface area contributed by atoms with Crippen LogP contribution < -0.4 is 10.6 Å². The first kappa shape index (κ1) is 21.6. The monoisotopic (exact) mass is 485 g/mol. The van der Waals surface area contributed by atoms with E-state index in [2.05, 4.69) is 10.6 Å². The summed E-state index contributed by atoms with van der Waals surface area (Å²) in [5.74, 6) is 0.710. The van der Waals surface area contributed by atoms with Crippen LogP contribution in [-0.2, 0) is 10.0 Å². The number of thiophene rings is 1. The second kappa shape index (κ2) is 8.88. The highest BCUT2D eigenvalue weighted by Crippen LogP contribution is 2.29. The number of anilines is 1. The molecule has 7 nitrogen and oxygen atoms in total. The number of carbonyl (C=O) groups is 2. The lowest BCUT2D eigenvalue weighted by atomic mass is 10.2. The molecule has 11 heteroatoms. The minimum atomic E-state index is -3.73. The third-order valence-corrected chi connectivity index (χ3v) is 9.05. The van der Waals surface area contributed by atoms with Crippen molar-refractivity contribution in [2.24, 2.45) is 0 Å². The maximum absolute atomic E-state index is 13.0. The Morgan fingerprint density at radius 1 is 1.10 bits per heavy atom. The maximum Gasteiger partial charge on any atom is 0.267 e. The summed E-state index contributed by atoms with van der Waals surface area (Å²) < 4.78 is 27.4. The number of nitrogens with zero attached hydrogens (tertiary/aromatic N) is 1. The third-order valence-electron chi connectivity index (χ3n) is 4.81. The molecular weight excluding hydrogens is 466 g/mol. The third kappa shape index (κ3) is 4.67. The second-order valence-electron chi connectivity index (χ2n) is 7.03. The Morgan fingerprint density at radius 2 is 1.83 bits per heavy atom. The largest absolute Gasteiger partial charge is 0.349 e. The summed E-state index contributed by atoms with van der Waals surface area (Å²) in [5.41, 5.74) is 0.725. The highest BCUT2D eigenvalue weighted by Gasteiger charge is 2.31. The Kier molecular flexibility index (Phi) is 6.40. The van der Waals surface area contributed by atoms with Crippen molar-refractivity contribution in [1.82, 2.24) is 9.62 Å². The molecule has 30 heavy (non-hydrogen) atoms. The Labute approximate surface area is 188 Å². The summed E-state index contributed by atoms with van der Waals surface area (Å²) in [5, 5.41) is 7.37. The molecule has 2 heterocycles. The van der Waals surface area contributed by atoms with Crippen LogP contribution in [0, 0.1) is 0 Å². The Balaban J connectivity index is 1.50. The molecule has 2 N–H and O–H groups in total. The molecule has 160 valence electrons. The van der Waals surface area contributed by atoms with Crippen molar-refractivity contribution in [3.05, 3.63) is 45.1 Å². The minimum absolute atomic E-state index is 0.0171. The standard InChI is InChI=1S/C19H20ClN3O4S3/c20-15-11-13(3-4-14(15)18(24)21-12-1-2-12)22-19(25)17-16(5-8-29-17)30(26,27)23-6-9-28-10-7-23/h3-5,8,11-12H,1-2,6-7,9-10H2,(H,21,24)(H,22,25). The number of nitrogens with one attached hydrogen (secondary N) is 2. The SMILES string of the molecule is O=C(NC1CC1)c1ccc(NC(=O)c2sccc2S(=O)(=O)N2CCSCC2)cc1Cl. The van der Waals surface area contributed by atoms with Crippen molar-refractivity contribution in [2.45, 2.75) is 23.8 Å². The molecule has 2 aliphatic rings. The molecule has 4 rings (SSSR count). The van der Waals surface area contributed by atoms with Gasteiger partial charge in [0.1, 0.15) is 9.77 Å². The zero-order chi connectivity index (χ0) is 21.3. The van der Waals surface area contributed by atoms with Crippen LogP contribution in [0.15, 0.2) is 34.5 Å². The Bertz CT molecular complexity index is 1080. The predicted molar refractivity (Wildman–Crippen MR) is 120 cm³/mol. The van der Waals surface area contributed by atoms with Gasteiger partial charge in [0.15, 0.2) is 0 Å². The molecule has 1 aromatic heterocycles. The van der Waals surface area contributed by atoms with E-state index >= 15 is 0 Å². The van der Waals surface area contributed by atoms with Gasteiger partial charge in [0.25, 0.3) is 11.8 Å². The fourth-order valence-corrected chi connectivity index (χ4v) is 7.19. The molecule has 2 fully saturated rings. The Hall–Kier alpha value is -1.59. The number of carbonyl (C=O) groups excluding carboxylic acids is 2. The number of benzene rings is 1. The lowest BCUT2D eigenvalue weighted by Crippen LogP contribution is -2.38. The molecular formula is C19H20ClN3O4S3. The zero-order valence-electron chi connectivity index (χ0n) is 15.9. The van der Waals surface area contributed by atoms with Gasteiger partial charge in [0.05, 0.1) is 10.6 Å². The first-order valence-corrected chi connectivity index (χ1v) is 13.3. The summed E-state index contributed by atoms with van der Waals surface area (Å²) in [6.45, 7) is 0.869. The van der Waals surface area contributed by atoms with E-state index in [1.807, 2.05) is 0 Å². The molecule has 0 spiro atoms. The van der Waals surface area contributed by atoms with Gasteiger partial charge in [-0.05, 0) is 42.5 Å². The van der Waals surface area contributed by atoms with E-state index in [9.17, 15) is 18.0 Å². The Morgan fingerprint density at radius 3 is 2.50 bits per heavy atom. The van der Waals surface area contributed by atoms with Crippen molar-refractivity contribution in [1.29, 1.82) is 0 Å². The molecule has 0 radical (unpaired) electrons. The quantitative estimate of drug-likeness (QED) is 0.654. The smallest absolute Gasteiger partial charge is 0.267 e. The van der Waals surface area contributed by atoms with E-state index in [-0.39, 0.29) is 26.7 Å². The average Bonchev–Trinajstić information content (AvgIpc) is 3.38. The highest BCUT2D eigenvalue weighted by molar-refractivity contribution is 7.99. The lowest BCUT2D eigenvalue weighted by Gasteiger charge is -2.25. The number of amides is 2. The van der Waals surface area contributed by atoms with Crippen LogP contribution in [0.4, 0.5) is 5.69 Å². The molecule has 2 aromatic rings. The molecule has 2 amide bonds. The van der Waals surface area contributed by atoms with Crippen molar-refractivity contribution >= 4 is 62.2 Å². The molecule has 0 bridgehead atoms. The molecule has 0 unspecified atom stereocenters. The van der Waals surface area contributed by atoms with Crippen LogP contribution in [0.25, 0.3) is 0 Å². The van der Waals surface area contributed by atoms with E-state index in [0.29, 0.717) is 24.3 Å². The fourth-order valence-electron chi connectivity index (χ4n) is 3.05. The van der Waals surface area contributed by atoms with Crippen LogP contribution in [0.5, 0.6) is 0 Å². The highest BCUT2D eigenvalue weighted by atomic mass is 35.5. The summed E-state index contributed by atoms with van der Waals surface area (Å²) >= 11 is 9.01. The number of rotatable bonds is 6. The summed E-state index contributed by atoms with van der Waals surface area (Å²) in [6, 6.07) is 6.30. The summed E-state index contributed by atoms with van der Waals surface area (Å²) in [4.78, 5) is 25.1. The van der Waals surface area contributed by atoms with Gasteiger partial charge in [0.2, 0.25) is 10.0 Å². The summed E-state index contributed by atoms with van der Waals surface area (Å²) in [6.07, 6.45) is 1.94. The number of halogens is 1. The molecule has 1 aliphatic carbocycles. The van der Waals surface area contributed by atoms with Crippen molar-refractivity contribution in [3.63, 3.8) is 0 Å². The van der Waals surface area contributed by atoms with Crippen molar-refractivity contribution < 1.29 is 18.0 Å². The van der Waals surface area contributed by atoms with Crippen LogP contribution in [-0.4, -0.2) is 55.2 Å². The molecule has 0 atom stereocenters. The molecule has 1 aromatic carbocycles. The van der Waals surface area contributed by atoms with E-state index in [1.54, 1.807) is 29.3 Å². The fraction of sp³-hybridized carbons (Fsp3) is 0.368. The van der Waals surface area contributed by atoms with E-state index in [0.717, 1.165) is 35.7 Å². The molecule has 1 saturated heterocycles. The number of thioether (sulfide) groups is 1. The van der Waals surface area contributed by atoms with Gasteiger partial charge >= 0.3 is 0 Å². The first-order chi connectivity index (χ1) is 14.4. The van der Waals surface area contributed by atoms with E-state index in [4.69, 9.17) is 11.6 Å². The van der Waals surface area contributed by atoms with Crippen LogP contribution in [0.2, 0.25) is 5.02 Å². The van der Waals surface area contributed by atoms with E-state index < -0.39 is 15.9 Å². The first-order valence-electron chi connectivity index (χ1n) is 9.43. The van der Waals surface area contributed by atoms with Crippen LogP contribution >= 0.6 is 34.7 Å². The molecule has 1 aliphatic heterocycles. The van der Waals surface area contributed by atoms with Crippen LogP contribution in [0.3, 0.4) is 0 Å². The summed E-state index contributed by atoms with van der Waals surface area (Å²) in [7, 11) is -3.73. The second-order valence-corrected chi connectivity index (χ2v) is 11.5. The minimum Gasteiger partial charge on any atom is -0.349 e. The van der Waals surface area contributed by atoms with Crippen molar-refractivity contribution in [2.75, 3.05) is 29.9 Å². The molecule has 1 saturated carbocycles. The maximum atomic E-state index is 13.0.